The lowest BCUT2D eigenvalue weighted by Crippen LogP contribution is -2.30. The molecule has 1 amide bonds. The van der Waals surface area contributed by atoms with Gasteiger partial charge < -0.3 is 10.2 Å². The number of carbonyl (C=O) groups excluding carboxylic acids is 1. The fraction of sp³-hybridized carbons (Fsp3) is 0.500. The molecule has 0 atom stereocenters. The second kappa shape index (κ2) is 8.41. The second-order valence-electron chi connectivity index (χ2n) is 4.26. The van der Waals surface area contributed by atoms with Gasteiger partial charge in [-0.2, -0.15) is 0 Å². The van der Waals surface area contributed by atoms with E-state index < -0.39 is 0 Å². The summed E-state index contributed by atoms with van der Waals surface area (Å²) in [6.45, 7) is 7.95. The van der Waals surface area contributed by atoms with E-state index in [4.69, 9.17) is 23.2 Å². The van der Waals surface area contributed by atoms with Gasteiger partial charge in [0.2, 0.25) is 0 Å². The maximum Gasteiger partial charge on any atom is 0.252 e. The van der Waals surface area contributed by atoms with E-state index in [2.05, 4.69) is 24.1 Å². The number of benzene rings is 1. The molecule has 0 aliphatic heterocycles. The zero-order chi connectivity index (χ0) is 14.3. The molecule has 1 N–H and O–H groups in total. The molecule has 19 heavy (non-hydrogen) atoms. The minimum absolute atomic E-state index is 0.174. The Labute approximate surface area is 124 Å². The molecule has 1 rings (SSSR count). The zero-order valence-electron chi connectivity index (χ0n) is 11.4. The fourth-order valence-corrected chi connectivity index (χ4v) is 2.19. The molecular weight excluding hydrogens is 283 g/mol. The van der Waals surface area contributed by atoms with Crippen molar-refractivity contribution in [3.05, 3.63) is 33.8 Å². The van der Waals surface area contributed by atoms with E-state index in [-0.39, 0.29) is 5.91 Å². The van der Waals surface area contributed by atoms with Gasteiger partial charge in [-0.3, -0.25) is 4.79 Å². The lowest BCUT2D eigenvalue weighted by molar-refractivity contribution is 0.0952. The molecule has 0 heterocycles. The van der Waals surface area contributed by atoms with Crippen molar-refractivity contribution < 1.29 is 4.79 Å². The van der Waals surface area contributed by atoms with Crippen molar-refractivity contribution in [2.24, 2.45) is 0 Å². The average Bonchev–Trinajstić information content (AvgIpc) is 2.41. The minimum Gasteiger partial charge on any atom is -0.352 e. The average molecular weight is 303 g/mol. The highest BCUT2D eigenvalue weighted by Crippen LogP contribution is 2.20. The Hall–Kier alpha value is -0.770. The molecule has 0 unspecified atom stereocenters. The predicted molar refractivity (Wildman–Crippen MR) is 81.2 cm³/mol. The minimum atomic E-state index is -0.174. The van der Waals surface area contributed by atoms with E-state index in [9.17, 15) is 4.79 Å². The molecular formula is C14H20Cl2N2O. The van der Waals surface area contributed by atoms with E-state index >= 15 is 0 Å². The Kier molecular flexibility index (Phi) is 7.21. The van der Waals surface area contributed by atoms with Gasteiger partial charge in [0.1, 0.15) is 0 Å². The van der Waals surface area contributed by atoms with Gasteiger partial charge in [0.05, 0.1) is 10.6 Å². The molecule has 0 spiro atoms. The van der Waals surface area contributed by atoms with Gasteiger partial charge in [0.25, 0.3) is 5.91 Å². The van der Waals surface area contributed by atoms with Gasteiger partial charge in [0.15, 0.2) is 0 Å². The van der Waals surface area contributed by atoms with E-state index in [1.165, 1.54) is 0 Å². The molecule has 0 aromatic heterocycles. The molecule has 0 aliphatic rings. The number of nitrogens with zero attached hydrogens (tertiary/aromatic N) is 1. The van der Waals surface area contributed by atoms with Crippen LogP contribution < -0.4 is 5.32 Å². The highest BCUT2D eigenvalue weighted by Gasteiger charge is 2.10. The molecule has 0 radical (unpaired) electrons. The summed E-state index contributed by atoms with van der Waals surface area (Å²) >= 11 is 11.8. The third-order valence-electron chi connectivity index (χ3n) is 3.00. The van der Waals surface area contributed by atoms with Crippen molar-refractivity contribution >= 4 is 29.1 Å². The second-order valence-corrected chi connectivity index (χ2v) is 5.10. The number of halogens is 2. The van der Waals surface area contributed by atoms with Crippen LogP contribution in [-0.4, -0.2) is 37.0 Å². The Morgan fingerprint density at radius 2 is 1.95 bits per heavy atom. The molecule has 0 saturated heterocycles. The maximum absolute atomic E-state index is 11.9. The van der Waals surface area contributed by atoms with Crippen molar-refractivity contribution in [3.63, 3.8) is 0 Å². The van der Waals surface area contributed by atoms with Crippen molar-refractivity contribution in [1.82, 2.24) is 10.2 Å². The summed E-state index contributed by atoms with van der Waals surface area (Å²) in [5.41, 5.74) is 0.428. The van der Waals surface area contributed by atoms with Gasteiger partial charge >= 0.3 is 0 Å². The van der Waals surface area contributed by atoms with Crippen molar-refractivity contribution in [1.29, 1.82) is 0 Å². The first kappa shape index (κ1) is 16.3. The predicted octanol–water partition coefficient (Wildman–Crippen LogP) is 3.46. The molecule has 106 valence electrons. The zero-order valence-corrected chi connectivity index (χ0v) is 12.9. The number of hydrogen-bond donors (Lipinski definition) is 1. The van der Waals surface area contributed by atoms with Crippen LogP contribution in [0.1, 0.15) is 30.6 Å². The summed E-state index contributed by atoms with van der Waals surface area (Å²) < 4.78 is 0. The van der Waals surface area contributed by atoms with Crippen LogP contribution in [0.2, 0.25) is 10.0 Å². The highest BCUT2D eigenvalue weighted by molar-refractivity contribution is 6.35. The highest BCUT2D eigenvalue weighted by atomic mass is 35.5. The summed E-state index contributed by atoms with van der Waals surface area (Å²) in [5.74, 6) is -0.174. The maximum atomic E-state index is 11.9. The van der Waals surface area contributed by atoms with Crippen LogP contribution in [-0.2, 0) is 0 Å². The van der Waals surface area contributed by atoms with Crippen LogP contribution in [0.25, 0.3) is 0 Å². The van der Waals surface area contributed by atoms with Gasteiger partial charge in [-0.1, -0.05) is 37.0 Å². The van der Waals surface area contributed by atoms with E-state index in [0.717, 1.165) is 26.1 Å². The Morgan fingerprint density at radius 1 is 1.26 bits per heavy atom. The normalized spacial score (nSPS) is 10.8. The van der Waals surface area contributed by atoms with Crippen molar-refractivity contribution in [3.8, 4) is 0 Å². The van der Waals surface area contributed by atoms with Crippen LogP contribution in [0.3, 0.4) is 0 Å². The third-order valence-corrected chi connectivity index (χ3v) is 3.57. The van der Waals surface area contributed by atoms with Crippen LogP contribution >= 0.6 is 23.2 Å². The summed E-state index contributed by atoms with van der Waals surface area (Å²) in [7, 11) is 0. The summed E-state index contributed by atoms with van der Waals surface area (Å²) in [6.07, 6.45) is 0.922. The van der Waals surface area contributed by atoms with E-state index in [0.29, 0.717) is 22.2 Å². The lowest BCUT2D eigenvalue weighted by Gasteiger charge is -2.17. The number of hydrogen-bond acceptors (Lipinski definition) is 2. The molecule has 1 aromatic carbocycles. The molecule has 0 fully saturated rings. The SMILES string of the molecule is CCN(CC)CCCNC(=O)c1cc(Cl)ccc1Cl. The molecule has 1 aromatic rings. The Balaban J connectivity index is 2.41. The molecule has 5 heteroatoms. The van der Waals surface area contributed by atoms with Gasteiger partial charge in [0, 0.05) is 11.6 Å². The van der Waals surface area contributed by atoms with Crippen LogP contribution in [0.5, 0.6) is 0 Å². The smallest absolute Gasteiger partial charge is 0.252 e. The molecule has 0 aliphatic carbocycles. The van der Waals surface area contributed by atoms with Gasteiger partial charge in [-0.05, 0) is 44.3 Å². The first-order valence-electron chi connectivity index (χ1n) is 6.54. The number of rotatable bonds is 7. The third kappa shape index (κ3) is 5.39. The quantitative estimate of drug-likeness (QED) is 0.782. The lowest BCUT2D eigenvalue weighted by atomic mass is 10.2. The fourth-order valence-electron chi connectivity index (χ4n) is 1.81. The molecule has 0 bridgehead atoms. The van der Waals surface area contributed by atoms with E-state index in [1.807, 2.05) is 0 Å². The Bertz CT molecular complexity index is 420. The van der Waals surface area contributed by atoms with Crippen LogP contribution in [0, 0.1) is 0 Å². The summed E-state index contributed by atoms with van der Waals surface area (Å²) in [5, 5.41) is 3.80. The summed E-state index contributed by atoms with van der Waals surface area (Å²) in [4.78, 5) is 14.3. The molecule has 0 saturated carbocycles. The van der Waals surface area contributed by atoms with Gasteiger partial charge in [-0.25, -0.2) is 0 Å². The first-order chi connectivity index (χ1) is 9.08. The number of amides is 1. The standard InChI is InChI=1S/C14H20Cl2N2O/c1-3-18(4-2)9-5-8-17-14(19)12-10-11(15)6-7-13(12)16/h6-7,10H,3-5,8-9H2,1-2H3,(H,17,19). The largest absolute Gasteiger partial charge is 0.352 e. The summed E-state index contributed by atoms with van der Waals surface area (Å²) in [6, 6.07) is 4.89. The monoisotopic (exact) mass is 302 g/mol. The topological polar surface area (TPSA) is 32.3 Å². The van der Waals surface area contributed by atoms with Crippen LogP contribution in [0.4, 0.5) is 0 Å². The Morgan fingerprint density at radius 3 is 2.58 bits per heavy atom. The van der Waals surface area contributed by atoms with E-state index in [1.54, 1.807) is 18.2 Å². The molecule has 3 nitrogen and oxygen atoms in total. The van der Waals surface area contributed by atoms with Crippen molar-refractivity contribution in [2.75, 3.05) is 26.2 Å². The number of carbonyl (C=O) groups is 1. The number of nitrogens with one attached hydrogen (secondary N) is 1. The first-order valence-corrected chi connectivity index (χ1v) is 7.29. The van der Waals surface area contributed by atoms with Gasteiger partial charge in [-0.15, -0.1) is 0 Å². The van der Waals surface area contributed by atoms with Crippen LogP contribution in [0.15, 0.2) is 18.2 Å². The van der Waals surface area contributed by atoms with Crippen molar-refractivity contribution in [2.45, 2.75) is 20.3 Å².